The fourth-order valence-corrected chi connectivity index (χ4v) is 4.61. The number of aryl methyl sites for hydroxylation is 1. The SMILES string of the molecule is Cc1ccc(CC(CNC(c2ccc(-c3cncnc3)cc2)C(C)(C)C#N)c2cccc(C#N)c2)cc1. The van der Waals surface area contributed by atoms with Crippen LogP contribution in [0.2, 0.25) is 0 Å². The van der Waals surface area contributed by atoms with E-state index < -0.39 is 5.41 Å². The number of hydrogen-bond donors (Lipinski definition) is 1. The predicted molar refractivity (Wildman–Crippen MR) is 146 cm³/mol. The highest BCUT2D eigenvalue weighted by Crippen LogP contribution is 2.35. The van der Waals surface area contributed by atoms with Crippen LogP contribution in [0.3, 0.4) is 0 Å². The highest BCUT2D eigenvalue weighted by Gasteiger charge is 2.31. The maximum absolute atomic E-state index is 10.0. The normalized spacial score (nSPS) is 12.8. The molecular formula is C32H31N5. The Balaban J connectivity index is 1.62. The second-order valence-electron chi connectivity index (χ2n) is 10.0. The molecule has 5 nitrogen and oxygen atoms in total. The van der Waals surface area contributed by atoms with Gasteiger partial charge in [0.2, 0.25) is 0 Å². The van der Waals surface area contributed by atoms with Crippen molar-refractivity contribution < 1.29 is 0 Å². The Morgan fingerprint density at radius 1 is 0.865 bits per heavy atom. The van der Waals surface area contributed by atoms with E-state index >= 15 is 0 Å². The first-order valence-electron chi connectivity index (χ1n) is 12.4. The highest BCUT2D eigenvalue weighted by atomic mass is 14.9. The molecule has 0 radical (unpaired) electrons. The van der Waals surface area contributed by atoms with Crippen LogP contribution in [-0.2, 0) is 6.42 Å². The Hall–Kier alpha value is -4.32. The molecule has 0 saturated carbocycles. The molecule has 37 heavy (non-hydrogen) atoms. The number of benzene rings is 3. The lowest BCUT2D eigenvalue weighted by atomic mass is 9.80. The standard InChI is InChI=1S/C32H31N5/c1-23-7-9-24(10-8-23)15-29(28-6-4-5-25(16-28)17-33)20-37-31(32(2,3)21-34)27-13-11-26(12-14-27)30-18-35-22-36-19-30/h4-14,16,18-19,22,29,31,37H,15,20H2,1-3H3. The van der Waals surface area contributed by atoms with Gasteiger partial charge in [-0.3, -0.25) is 0 Å². The van der Waals surface area contributed by atoms with E-state index in [1.165, 1.54) is 17.5 Å². The topological polar surface area (TPSA) is 85.4 Å². The average molecular weight is 486 g/mol. The molecule has 1 N–H and O–H groups in total. The molecule has 5 heteroatoms. The molecule has 0 aliphatic heterocycles. The van der Waals surface area contributed by atoms with E-state index in [1.54, 1.807) is 12.4 Å². The van der Waals surface area contributed by atoms with E-state index in [0.29, 0.717) is 12.1 Å². The van der Waals surface area contributed by atoms with Crippen LogP contribution in [0.1, 0.15) is 53.6 Å². The zero-order chi connectivity index (χ0) is 26.3. The molecule has 0 saturated heterocycles. The first-order chi connectivity index (χ1) is 17.9. The van der Waals surface area contributed by atoms with Crippen molar-refractivity contribution in [2.75, 3.05) is 6.54 Å². The molecule has 2 atom stereocenters. The van der Waals surface area contributed by atoms with Crippen molar-refractivity contribution >= 4 is 0 Å². The molecular weight excluding hydrogens is 454 g/mol. The molecule has 0 fully saturated rings. The maximum atomic E-state index is 10.0. The Kier molecular flexibility index (Phi) is 8.08. The van der Waals surface area contributed by atoms with E-state index in [2.05, 4.69) is 88.9 Å². The molecule has 3 aromatic carbocycles. The highest BCUT2D eigenvalue weighted by molar-refractivity contribution is 5.61. The molecule has 1 heterocycles. The van der Waals surface area contributed by atoms with E-state index in [0.717, 1.165) is 28.7 Å². The summed E-state index contributed by atoms with van der Waals surface area (Å²) in [7, 11) is 0. The third kappa shape index (κ3) is 6.47. The van der Waals surface area contributed by atoms with Gasteiger partial charge in [-0.05, 0) is 61.6 Å². The summed E-state index contributed by atoms with van der Waals surface area (Å²) in [5.41, 5.74) is 6.63. The number of nitrogens with one attached hydrogen (secondary N) is 1. The quantitative estimate of drug-likeness (QED) is 0.291. The summed E-state index contributed by atoms with van der Waals surface area (Å²) in [5.74, 6) is 0.133. The second-order valence-corrected chi connectivity index (χ2v) is 10.0. The van der Waals surface area contributed by atoms with Gasteiger partial charge >= 0.3 is 0 Å². The van der Waals surface area contributed by atoms with Crippen LogP contribution in [0.5, 0.6) is 0 Å². The smallest absolute Gasteiger partial charge is 0.115 e. The molecule has 2 unspecified atom stereocenters. The lowest BCUT2D eigenvalue weighted by molar-refractivity contribution is 0.317. The zero-order valence-corrected chi connectivity index (χ0v) is 21.5. The largest absolute Gasteiger partial charge is 0.308 e. The van der Waals surface area contributed by atoms with Crippen LogP contribution in [0.4, 0.5) is 0 Å². The van der Waals surface area contributed by atoms with Gasteiger partial charge < -0.3 is 5.32 Å². The van der Waals surface area contributed by atoms with Crippen molar-refractivity contribution in [3.8, 4) is 23.3 Å². The molecule has 0 aliphatic carbocycles. The Bertz CT molecular complexity index is 1400. The van der Waals surface area contributed by atoms with E-state index in [1.807, 2.05) is 32.0 Å². The Morgan fingerprint density at radius 3 is 2.22 bits per heavy atom. The summed E-state index contributed by atoms with van der Waals surface area (Å²) in [6.07, 6.45) is 5.94. The summed E-state index contributed by atoms with van der Waals surface area (Å²) in [6.45, 7) is 6.68. The monoisotopic (exact) mass is 485 g/mol. The minimum atomic E-state index is -0.639. The Morgan fingerprint density at radius 2 is 1.57 bits per heavy atom. The van der Waals surface area contributed by atoms with Crippen molar-refractivity contribution in [3.05, 3.63) is 119 Å². The molecule has 184 valence electrons. The van der Waals surface area contributed by atoms with Crippen molar-refractivity contribution in [3.63, 3.8) is 0 Å². The molecule has 0 aliphatic rings. The minimum Gasteiger partial charge on any atom is -0.308 e. The van der Waals surface area contributed by atoms with Crippen LogP contribution >= 0.6 is 0 Å². The van der Waals surface area contributed by atoms with Crippen molar-refractivity contribution in [1.29, 1.82) is 10.5 Å². The van der Waals surface area contributed by atoms with Gasteiger partial charge in [0.05, 0.1) is 29.2 Å². The summed E-state index contributed by atoms with van der Waals surface area (Å²) in [6, 6.07) is 29.3. The van der Waals surface area contributed by atoms with Gasteiger partial charge in [-0.2, -0.15) is 10.5 Å². The van der Waals surface area contributed by atoms with Gasteiger partial charge in [0.1, 0.15) is 6.33 Å². The van der Waals surface area contributed by atoms with Gasteiger partial charge in [0.15, 0.2) is 0 Å². The summed E-state index contributed by atoms with van der Waals surface area (Å²) < 4.78 is 0. The van der Waals surface area contributed by atoms with Crippen molar-refractivity contribution in [2.24, 2.45) is 5.41 Å². The summed E-state index contributed by atoms with van der Waals surface area (Å²) in [5, 5.41) is 23.2. The third-order valence-electron chi connectivity index (χ3n) is 6.81. The maximum Gasteiger partial charge on any atom is 0.115 e. The zero-order valence-electron chi connectivity index (χ0n) is 21.5. The van der Waals surface area contributed by atoms with Crippen LogP contribution < -0.4 is 5.32 Å². The minimum absolute atomic E-state index is 0.133. The van der Waals surface area contributed by atoms with Crippen LogP contribution in [0, 0.1) is 35.0 Å². The fraction of sp³-hybridized carbons (Fsp3) is 0.250. The first-order valence-corrected chi connectivity index (χ1v) is 12.4. The van der Waals surface area contributed by atoms with Gasteiger partial charge in [0.25, 0.3) is 0 Å². The van der Waals surface area contributed by atoms with Crippen LogP contribution in [-0.4, -0.2) is 16.5 Å². The van der Waals surface area contributed by atoms with Gasteiger partial charge in [-0.15, -0.1) is 0 Å². The van der Waals surface area contributed by atoms with E-state index in [-0.39, 0.29) is 12.0 Å². The Labute approximate surface area is 219 Å². The van der Waals surface area contributed by atoms with Crippen LogP contribution in [0.25, 0.3) is 11.1 Å². The number of rotatable bonds is 9. The number of nitriles is 2. The number of hydrogen-bond acceptors (Lipinski definition) is 5. The molecule has 0 amide bonds. The van der Waals surface area contributed by atoms with Gasteiger partial charge in [-0.1, -0.05) is 66.2 Å². The van der Waals surface area contributed by atoms with Crippen molar-refractivity contribution in [2.45, 2.75) is 39.2 Å². The lowest BCUT2D eigenvalue weighted by Crippen LogP contribution is -2.36. The predicted octanol–water partition coefficient (Wildman–Crippen LogP) is 6.53. The van der Waals surface area contributed by atoms with Crippen LogP contribution in [0.15, 0.2) is 91.5 Å². The fourth-order valence-electron chi connectivity index (χ4n) is 4.61. The van der Waals surface area contributed by atoms with E-state index in [4.69, 9.17) is 0 Å². The number of aromatic nitrogens is 2. The van der Waals surface area contributed by atoms with Gasteiger partial charge in [-0.25, -0.2) is 9.97 Å². The second kappa shape index (κ2) is 11.6. The molecule has 1 aromatic heterocycles. The summed E-state index contributed by atoms with van der Waals surface area (Å²) in [4.78, 5) is 8.23. The first kappa shape index (κ1) is 25.8. The molecule has 0 bridgehead atoms. The molecule has 0 spiro atoms. The lowest BCUT2D eigenvalue weighted by Gasteiger charge is -2.32. The third-order valence-corrected chi connectivity index (χ3v) is 6.81. The summed E-state index contributed by atoms with van der Waals surface area (Å²) >= 11 is 0. The van der Waals surface area contributed by atoms with Gasteiger partial charge in [0, 0.05) is 30.4 Å². The molecule has 4 aromatic rings. The number of nitrogens with zero attached hydrogens (tertiary/aromatic N) is 4. The van der Waals surface area contributed by atoms with Crippen molar-refractivity contribution in [1.82, 2.24) is 15.3 Å². The van der Waals surface area contributed by atoms with E-state index in [9.17, 15) is 10.5 Å². The molecule has 4 rings (SSSR count). The average Bonchev–Trinajstić information content (AvgIpc) is 2.94.